The van der Waals surface area contributed by atoms with Gasteiger partial charge in [-0.15, -0.1) is 0 Å². The number of benzene rings is 2. The summed E-state index contributed by atoms with van der Waals surface area (Å²) in [4.78, 5) is 26.9. The van der Waals surface area contributed by atoms with E-state index in [1.165, 1.54) is 45.4 Å². The molecule has 1 aliphatic rings. The molecule has 0 N–H and O–H groups in total. The summed E-state index contributed by atoms with van der Waals surface area (Å²) >= 11 is 0. The number of halogens is 1. The molecule has 7 nitrogen and oxygen atoms in total. The summed E-state index contributed by atoms with van der Waals surface area (Å²) < 4.78 is 42.0. The third kappa shape index (κ3) is 4.16. The summed E-state index contributed by atoms with van der Waals surface area (Å²) in [6, 6.07) is 12.0. The molecule has 1 atom stereocenters. The van der Waals surface area contributed by atoms with E-state index in [0.717, 1.165) is 4.90 Å². The molecule has 2 aromatic rings. The van der Waals surface area contributed by atoms with Gasteiger partial charge in [-0.2, -0.15) is 0 Å². The molecular formula is C20H21FNO6P. The van der Waals surface area contributed by atoms with E-state index < -0.39 is 31.0 Å². The molecule has 1 heterocycles. The van der Waals surface area contributed by atoms with Crippen molar-refractivity contribution in [2.24, 2.45) is 0 Å². The van der Waals surface area contributed by atoms with Crippen molar-refractivity contribution < 1.29 is 32.3 Å². The average molecular weight is 421 g/mol. The van der Waals surface area contributed by atoms with Crippen LogP contribution >= 0.6 is 7.60 Å². The van der Waals surface area contributed by atoms with E-state index in [0.29, 0.717) is 5.56 Å². The maximum Gasteiger partial charge on any atom is 0.334 e. The zero-order valence-corrected chi connectivity index (χ0v) is 17.1. The topological polar surface area (TPSA) is 82.1 Å². The van der Waals surface area contributed by atoms with E-state index in [2.05, 4.69) is 0 Å². The van der Waals surface area contributed by atoms with E-state index in [9.17, 15) is 18.5 Å². The number of hydrogen-bond acceptors (Lipinski definition) is 6. The van der Waals surface area contributed by atoms with Crippen LogP contribution < -0.4 is 0 Å². The van der Waals surface area contributed by atoms with E-state index in [1.807, 2.05) is 0 Å². The molecule has 0 fully saturated rings. The molecule has 3 rings (SSSR count). The minimum atomic E-state index is -3.66. The molecule has 29 heavy (non-hydrogen) atoms. The van der Waals surface area contributed by atoms with Crippen molar-refractivity contribution in [1.82, 2.24) is 4.90 Å². The fourth-order valence-electron chi connectivity index (χ4n) is 3.18. The van der Waals surface area contributed by atoms with Crippen LogP contribution in [-0.4, -0.2) is 42.8 Å². The number of nitrogens with zero attached hydrogens (tertiary/aromatic N) is 1. The Kier molecular flexibility index (Phi) is 6.00. The second-order valence-electron chi connectivity index (χ2n) is 6.72. The molecule has 0 saturated heterocycles. The number of amides is 2. The number of fused-ring (bicyclic) bond motifs is 1. The standard InChI is InChI=1S/C20H21FNO6P/c1-20(13-29(25,26-2)27-3,28-12-14-8-10-15(21)11-9-14)22-18(23)16-6-4-5-7-17(16)19(22)24/h4-11H,12-13H2,1-3H3. The van der Waals surface area contributed by atoms with Gasteiger partial charge in [-0.05, 0) is 36.8 Å². The largest absolute Gasteiger partial charge is 0.350 e. The molecule has 2 amide bonds. The quantitative estimate of drug-likeness (QED) is 0.476. The molecule has 0 radical (unpaired) electrons. The first kappa shape index (κ1) is 21.3. The van der Waals surface area contributed by atoms with Crippen LogP contribution in [-0.2, 0) is 25.0 Å². The van der Waals surface area contributed by atoms with Gasteiger partial charge in [0.25, 0.3) is 11.8 Å². The van der Waals surface area contributed by atoms with Crippen LogP contribution in [0.2, 0.25) is 0 Å². The summed E-state index contributed by atoms with van der Waals surface area (Å²) in [6.07, 6.45) is -0.375. The third-order valence-corrected chi connectivity index (χ3v) is 6.86. The first-order valence-electron chi connectivity index (χ1n) is 8.80. The maximum atomic E-state index is 13.2. The number of carbonyl (C=O) groups excluding carboxylic acids is 2. The Labute approximate surface area is 167 Å². The fourth-order valence-corrected chi connectivity index (χ4v) is 4.54. The van der Waals surface area contributed by atoms with Gasteiger partial charge in [-0.1, -0.05) is 24.3 Å². The predicted molar refractivity (Wildman–Crippen MR) is 103 cm³/mol. The molecule has 2 aromatic carbocycles. The van der Waals surface area contributed by atoms with Gasteiger partial charge in [0.1, 0.15) is 5.82 Å². The lowest BCUT2D eigenvalue weighted by Gasteiger charge is -2.38. The average Bonchev–Trinajstić information content (AvgIpc) is 2.99. The first-order valence-corrected chi connectivity index (χ1v) is 10.5. The zero-order chi connectivity index (χ0) is 21.2. The fraction of sp³-hybridized carbons (Fsp3) is 0.300. The Morgan fingerprint density at radius 3 is 1.97 bits per heavy atom. The maximum absolute atomic E-state index is 13.2. The Morgan fingerprint density at radius 2 is 1.48 bits per heavy atom. The molecular weight excluding hydrogens is 400 g/mol. The molecule has 0 bridgehead atoms. The number of ether oxygens (including phenoxy) is 1. The van der Waals surface area contributed by atoms with Gasteiger partial charge in [0.05, 0.1) is 23.9 Å². The first-order chi connectivity index (χ1) is 13.7. The van der Waals surface area contributed by atoms with Crippen LogP contribution in [0.3, 0.4) is 0 Å². The van der Waals surface area contributed by atoms with Crippen LogP contribution in [0, 0.1) is 5.82 Å². The van der Waals surface area contributed by atoms with Crippen molar-refractivity contribution in [3.63, 3.8) is 0 Å². The van der Waals surface area contributed by atoms with Gasteiger partial charge in [-0.3, -0.25) is 14.2 Å². The lowest BCUT2D eigenvalue weighted by Crippen LogP contribution is -2.54. The molecule has 1 aliphatic heterocycles. The van der Waals surface area contributed by atoms with Gasteiger partial charge in [0, 0.05) is 14.2 Å². The summed E-state index contributed by atoms with van der Waals surface area (Å²) in [5, 5.41) is 0. The molecule has 0 spiro atoms. The number of rotatable bonds is 8. The predicted octanol–water partition coefficient (Wildman–Crippen LogP) is 3.84. The second-order valence-corrected chi connectivity index (χ2v) is 8.98. The van der Waals surface area contributed by atoms with Crippen LogP contribution in [0.4, 0.5) is 4.39 Å². The molecule has 0 aliphatic carbocycles. The number of hydrogen-bond donors (Lipinski definition) is 0. The van der Waals surface area contributed by atoms with Gasteiger partial charge in [0.2, 0.25) is 0 Å². The normalized spacial score (nSPS) is 16.1. The lowest BCUT2D eigenvalue weighted by atomic mass is 10.1. The summed E-state index contributed by atoms with van der Waals surface area (Å²) in [7, 11) is -1.23. The van der Waals surface area contributed by atoms with Crippen molar-refractivity contribution >= 4 is 19.4 Å². The molecule has 0 saturated carbocycles. The minimum absolute atomic E-state index is 0.0579. The van der Waals surface area contributed by atoms with Crippen LogP contribution in [0.1, 0.15) is 33.2 Å². The highest BCUT2D eigenvalue weighted by Gasteiger charge is 2.51. The SMILES string of the molecule is COP(=O)(CC(C)(OCc1ccc(F)cc1)N1C(=O)c2ccccc2C1=O)OC. The monoisotopic (exact) mass is 421 g/mol. The summed E-state index contributed by atoms with van der Waals surface area (Å²) in [5.74, 6) is -1.53. The van der Waals surface area contributed by atoms with Crippen molar-refractivity contribution in [3.8, 4) is 0 Å². The highest BCUT2D eigenvalue weighted by atomic mass is 31.2. The zero-order valence-electron chi connectivity index (χ0n) is 16.3. The Hall–Kier alpha value is -2.38. The van der Waals surface area contributed by atoms with E-state index in [-0.39, 0.29) is 23.9 Å². The second kappa shape index (κ2) is 8.16. The highest BCUT2D eigenvalue weighted by molar-refractivity contribution is 7.53. The van der Waals surface area contributed by atoms with Crippen molar-refractivity contribution in [1.29, 1.82) is 0 Å². The van der Waals surface area contributed by atoms with Crippen molar-refractivity contribution in [2.45, 2.75) is 19.3 Å². The van der Waals surface area contributed by atoms with Crippen molar-refractivity contribution in [3.05, 3.63) is 71.0 Å². The minimum Gasteiger partial charge on any atom is -0.350 e. The van der Waals surface area contributed by atoms with Gasteiger partial charge in [0.15, 0.2) is 5.72 Å². The van der Waals surface area contributed by atoms with Crippen molar-refractivity contribution in [2.75, 3.05) is 20.4 Å². The van der Waals surface area contributed by atoms with E-state index in [1.54, 1.807) is 24.3 Å². The summed E-state index contributed by atoms with van der Waals surface area (Å²) in [5.41, 5.74) is -0.556. The smallest absolute Gasteiger partial charge is 0.334 e. The van der Waals surface area contributed by atoms with E-state index in [4.69, 9.17) is 13.8 Å². The van der Waals surface area contributed by atoms with Gasteiger partial charge in [-0.25, -0.2) is 9.29 Å². The Bertz CT molecular complexity index is 936. The highest BCUT2D eigenvalue weighted by Crippen LogP contribution is 2.51. The van der Waals surface area contributed by atoms with E-state index >= 15 is 0 Å². The van der Waals surface area contributed by atoms with Crippen LogP contribution in [0.5, 0.6) is 0 Å². The Morgan fingerprint density at radius 1 is 0.966 bits per heavy atom. The van der Waals surface area contributed by atoms with Gasteiger partial charge < -0.3 is 13.8 Å². The Balaban J connectivity index is 1.96. The molecule has 1 unspecified atom stereocenters. The molecule has 0 aromatic heterocycles. The molecule has 9 heteroatoms. The third-order valence-electron chi connectivity index (χ3n) is 4.77. The van der Waals surface area contributed by atoms with Crippen LogP contribution in [0.25, 0.3) is 0 Å². The number of carbonyl (C=O) groups is 2. The lowest BCUT2D eigenvalue weighted by molar-refractivity contribution is -0.104. The molecule has 154 valence electrons. The van der Waals surface area contributed by atoms with Gasteiger partial charge >= 0.3 is 7.60 Å². The summed E-state index contributed by atoms with van der Waals surface area (Å²) in [6.45, 7) is 1.42. The number of imide groups is 1. The van der Waals surface area contributed by atoms with Crippen LogP contribution in [0.15, 0.2) is 48.5 Å².